The number of anilines is 1. The van der Waals surface area contributed by atoms with Crippen LogP contribution in [0.25, 0.3) is 0 Å². The molecule has 7 nitrogen and oxygen atoms in total. The van der Waals surface area contributed by atoms with Crippen LogP contribution in [0.1, 0.15) is 16.8 Å². The lowest BCUT2D eigenvalue weighted by atomic mass is 10.1. The number of benzene rings is 1. The van der Waals surface area contributed by atoms with E-state index in [-0.39, 0.29) is 10.8 Å². The Bertz CT molecular complexity index is 612. The van der Waals surface area contributed by atoms with Crippen molar-refractivity contribution >= 4 is 45.8 Å². The highest BCUT2D eigenvalue weighted by Crippen LogP contribution is 2.24. The van der Waals surface area contributed by atoms with Crippen molar-refractivity contribution in [2.75, 3.05) is 11.9 Å². The molecule has 2 N–H and O–H groups in total. The van der Waals surface area contributed by atoms with Crippen LogP contribution in [-0.2, 0) is 9.32 Å². The smallest absolute Gasteiger partial charge is 0.412 e. The number of carbonyl (C=O) groups excluding carboxylic acids is 2. The molecule has 0 bridgehead atoms. The molecule has 1 aromatic carbocycles. The summed E-state index contributed by atoms with van der Waals surface area (Å²) in [6.45, 7) is 0.309. The lowest BCUT2D eigenvalue weighted by Gasteiger charge is -2.22. The topological polar surface area (TPSA) is 95.9 Å². The average Bonchev–Trinajstić information content (AvgIpc) is 2.88. The zero-order valence-corrected chi connectivity index (χ0v) is 13.5. The number of carbonyl (C=O) groups is 3. The summed E-state index contributed by atoms with van der Waals surface area (Å²) in [5.74, 6) is -1.49. The first-order valence-electron chi connectivity index (χ1n) is 6.42. The molecule has 118 valence electrons. The van der Waals surface area contributed by atoms with Gasteiger partial charge in [-0.05, 0) is 24.6 Å². The molecule has 1 saturated heterocycles. The van der Waals surface area contributed by atoms with Gasteiger partial charge in [0.05, 0.1) is 15.0 Å². The van der Waals surface area contributed by atoms with Gasteiger partial charge in [0.2, 0.25) is 5.91 Å². The van der Waals surface area contributed by atoms with Gasteiger partial charge in [-0.25, -0.2) is 9.59 Å². The van der Waals surface area contributed by atoms with Crippen molar-refractivity contribution in [3.63, 3.8) is 0 Å². The molecule has 22 heavy (non-hydrogen) atoms. The predicted molar refractivity (Wildman–Crippen MR) is 86.1 cm³/mol. The second-order valence-corrected chi connectivity index (χ2v) is 5.78. The molecule has 1 aliphatic heterocycles. The standard InChI is InChI=1S/C13H15N2O5PS/c16-11(10-5-9(22)6-15(10)13(19)20-21)14-8-3-1-2-7(4-8)12(17)18/h1-4,9-10,22H,5-6,21H2,(H,14,16)(H,17,18). The first-order chi connectivity index (χ1) is 10.4. The third-order valence-corrected chi connectivity index (χ3v) is 3.87. The molecule has 0 aliphatic carbocycles. The lowest BCUT2D eigenvalue weighted by Crippen LogP contribution is -2.42. The van der Waals surface area contributed by atoms with Crippen LogP contribution in [0.2, 0.25) is 0 Å². The van der Waals surface area contributed by atoms with Crippen LogP contribution in [0, 0.1) is 0 Å². The number of carboxylic acid groups (broad SMARTS) is 1. The van der Waals surface area contributed by atoms with Crippen molar-refractivity contribution < 1.29 is 24.0 Å². The largest absolute Gasteiger partial charge is 0.478 e. The molecule has 0 radical (unpaired) electrons. The molecule has 0 spiro atoms. The van der Waals surface area contributed by atoms with Crippen molar-refractivity contribution in [1.82, 2.24) is 4.90 Å². The number of hydrogen-bond acceptors (Lipinski definition) is 5. The molecule has 1 aromatic rings. The number of nitrogens with zero attached hydrogens (tertiary/aromatic N) is 1. The summed E-state index contributed by atoms with van der Waals surface area (Å²) in [5, 5.41) is 11.4. The number of amides is 2. The fourth-order valence-corrected chi connectivity index (χ4v) is 2.80. The summed E-state index contributed by atoms with van der Waals surface area (Å²) in [4.78, 5) is 36.2. The third-order valence-electron chi connectivity index (χ3n) is 3.29. The Labute approximate surface area is 134 Å². The van der Waals surface area contributed by atoms with Gasteiger partial charge in [-0.2, -0.15) is 12.6 Å². The summed E-state index contributed by atoms with van der Waals surface area (Å²) in [5.41, 5.74) is 0.421. The number of likely N-dealkylation sites (tertiary alicyclic amines) is 1. The fraction of sp³-hybridized carbons (Fsp3) is 0.308. The van der Waals surface area contributed by atoms with E-state index in [4.69, 9.17) is 5.11 Å². The molecular formula is C13H15N2O5PS. The molecule has 0 aromatic heterocycles. The Balaban J connectivity index is 2.12. The number of aromatic carboxylic acids is 1. The number of carboxylic acids is 1. The average molecular weight is 342 g/mol. The van der Waals surface area contributed by atoms with Crippen LogP contribution in [0.4, 0.5) is 10.5 Å². The summed E-state index contributed by atoms with van der Waals surface area (Å²) < 4.78 is 4.58. The first-order valence-corrected chi connectivity index (χ1v) is 7.40. The summed E-state index contributed by atoms with van der Waals surface area (Å²) in [7, 11) is 1.85. The minimum Gasteiger partial charge on any atom is -0.478 e. The van der Waals surface area contributed by atoms with Gasteiger partial charge in [-0.1, -0.05) is 6.07 Å². The number of rotatable bonds is 3. The molecule has 3 atom stereocenters. The summed E-state index contributed by atoms with van der Waals surface area (Å²) >= 11 is 4.29. The van der Waals surface area contributed by atoms with Gasteiger partial charge in [0.15, 0.2) is 0 Å². The van der Waals surface area contributed by atoms with E-state index in [2.05, 4.69) is 22.5 Å². The van der Waals surface area contributed by atoms with E-state index in [0.29, 0.717) is 18.7 Å². The van der Waals surface area contributed by atoms with Gasteiger partial charge in [-0.3, -0.25) is 9.69 Å². The van der Waals surface area contributed by atoms with Gasteiger partial charge in [0.25, 0.3) is 0 Å². The van der Waals surface area contributed by atoms with Crippen LogP contribution in [0.15, 0.2) is 24.3 Å². The van der Waals surface area contributed by atoms with Crippen molar-refractivity contribution in [3.05, 3.63) is 29.8 Å². The molecule has 1 aliphatic rings. The van der Waals surface area contributed by atoms with Crippen molar-refractivity contribution in [2.24, 2.45) is 0 Å². The molecule has 2 amide bonds. The molecule has 2 rings (SSSR count). The third kappa shape index (κ3) is 3.69. The summed E-state index contributed by atoms with van der Waals surface area (Å²) in [6.07, 6.45) is -0.228. The van der Waals surface area contributed by atoms with E-state index < -0.39 is 24.0 Å². The Morgan fingerprint density at radius 2 is 2.14 bits per heavy atom. The quantitative estimate of drug-likeness (QED) is 0.573. The number of hydrogen-bond donors (Lipinski definition) is 3. The molecule has 1 fully saturated rings. The Morgan fingerprint density at radius 1 is 1.41 bits per heavy atom. The summed E-state index contributed by atoms with van der Waals surface area (Å²) in [6, 6.07) is 5.18. The van der Waals surface area contributed by atoms with E-state index in [0.717, 1.165) is 0 Å². The van der Waals surface area contributed by atoms with Crippen molar-refractivity contribution in [1.29, 1.82) is 0 Å². The normalized spacial score (nSPS) is 20.5. The molecule has 3 unspecified atom stereocenters. The minimum atomic E-state index is -1.08. The van der Waals surface area contributed by atoms with Gasteiger partial charge < -0.3 is 14.9 Å². The highest BCUT2D eigenvalue weighted by atomic mass is 32.1. The first kappa shape index (κ1) is 16.6. The maximum atomic E-state index is 12.3. The van der Waals surface area contributed by atoms with E-state index >= 15 is 0 Å². The SMILES string of the molecule is O=C(O)c1cccc(NC(=O)C2CC(S)CN2C(=O)OP)c1. The molecule has 1 heterocycles. The van der Waals surface area contributed by atoms with E-state index in [9.17, 15) is 14.4 Å². The van der Waals surface area contributed by atoms with Crippen molar-refractivity contribution in [3.8, 4) is 0 Å². The van der Waals surface area contributed by atoms with E-state index in [1.54, 1.807) is 6.07 Å². The highest BCUT2D eigenvalue weighted by Gasteiger charge is 2.39. The predicted octanol–water partition coefficient (Wildman–Crippen LogP) is 1.62. The number of nitrogens with one attached hydrogen (secondary N) is 1. The Morgan fingerprint density at radius 3 is 2.77 bits per heavy atom. The Kier molecular flexibility index (Phi) is 5.26. The van der Waals surface area contributed by atoms with Crippen LogP contribution in [0.5, 0.6) is 0 Å². The highest BCUT2D eigenvalue weighted by molar-refractivity contribution is 7.81. The minimum absolute atomic E-state index is 0.0671. The Hall–Kier alpha value is -1.79. The van der Waals surface area contributed by atoms with Gasteiger partial charge in [0.1, 0.15) is 6.04 Å². The van der Waals surface area contributed by atoms with E-state index in [1.165, 1.54) is 23.1 Å². The fourth-order valence-electron chi connectivity index (χ4n) is 2.29. The maximum Gasteiger partial charge on any atom is 0.412 e. The van der Waals surface area contributed by atoms with Gasteiger partial charge in [-0.15, -0.1) is 0 Å². The monoisotopic (exact) mass is 342 g/mol. The molecule has 9 heteroatoms. The molecular weight excluding hydrogens is 327 g/mol. The molecule has 0 saturated carbocycles. The number of thiol groups is 1. The van der Waals surface area contributed by atoms with Crippen LogP contribution in [-0.4, -0.2) is 45.8 Å². The lowest BCUT2D eigenvalue weighted by molar-refractivity contribution is -0.119. The van der Waals surface area contributed by atoms with Gasteiger partial charge >= 0.3 is 12.1 Å². The van der Waals surface area contributed by atoms with Crippen LogP contribution < -0.4 is 5.32 Å². The van der Waals surface area contributed by atoms with E-state index in [1.807, 2.05) is 9.47 Å². The zero-order chi connectivity index (χ0) is 16.3. The maximum absolute atomic E-state index is 12.3. The second kappa shape index (κ2) is 6.98. The van der Waals surface area contributed by atoms with Crippen LogP contribution >= 0.6 is 22.1 Å². The van der Waals surface area contributed by atoms with Gasteiger partial charge in [0, 0.05) is 17.5 Å². The zero-order valence-electron chi connectivity index (χ0n) is 11.4. The van der Waals surface area contributed by atoms with Crippen molar-refractivity contribution in [2.45, 2.75) is 17.7 Å². The van der Waals surface area contributed by atoms with Crippen LogP contribution in [0.3, 0.4) is 0 Å². The second-order valence-electron chi connectivity index (χ2n) is 4.82.